The second kappa shape index (κ2) is 4.49. The van der Waals surface area contributed by atoms with Crippen LogP contribution >= 0.6 is 0 Å². The first kappa shape index (κ1) is 10.9. The summed E-state index contributed by atoms with van der Waals surface area (Å²) in [5.74, 6) is 0.189. The number of amides is 1. The van der Waals surface area contributed by atoms with Gasteiger partial charge in [0.05, 0.1) is 0 Å². The molecular formula is C11H20N2O2. The molecule has 1 amide bonds. The molecule has 0 radical (unpaired) electrons. The van der Waals surface area contributed by atoms with Gasteiger partial charge in [-0.05, 0) is 26.7 Å². The van der Waals surface area contributed by atoms with Gasteiger partial charge in [-0.2, -0.15) is 0 Å². The number of nitrogens with one attached hydrogen (secondary N) is 1. The average molecular weight is 212 g/mol. The molecule has 86 valence electrons. The Bertz CT molecular complexity index is 229. The molecule has 0 aromatic rings. The van der Waals surface area contributed by atoms with Gasteiger partial charge in [0.2, 0.25) is 0 Å². The number of piperazine rings is 1. The normalized spacial score (nSPS) is 36.9. The van der Waals surface area contributed by atoms with Crippen LogP contribution in [0.4, 0.5) is 0 Å². The Morgan fingerprint density at radius 3 is 2.53 bits per heavy atom. The highest BCUT2D eigenvalue weighted by Crippen LogP contribution is 2.19. The highest BCUT2D eigenvalue weighted by Gasteiger charge is 2.35. The van der Waals surface area contributed by atoms with Crippen LogP contribution in [0.5, 0.6) is 0 Å². The molecule has 1 N–H and O–H groups in total. The molecule has 4 nitrogen and oxygen atoms in total. The second-order valence-corrected chi connectivity index (χ2v) is 4.60. The van der Waals surface area contributed by atoms with Gasteiger partial charge in [0.1, 0.15) is 6.10 Å². The summed E-state index contributed by atoms with van der Waals surface area (Å²) in [6.45, 7) is 6.71. The third kappa shape index (κ3) is 2.16. The fourth-order valence-electron chi connectivity index (χ4n) is 2.51. The molecule has 2 aliphatic heterocycles. The zero-order chi connectivity index (χ0) is 10.8. The summed E-state index contributed by atoms with van der Waals surface area (Å²) in [5, 5.41) is 3.32. The highest BCUT2D eigenvalue weighted by atomic mass is 16.5. The summed E-state index contributed by atoms with van der Waals surface area (Å²) in [5.41, 5.74) is 0. The number of rotatable bonds is 1. The van der Waals surface area contributed by atoms with E-state index >= 15 is 0 Å². The summed E-state index contributed by atoms with van der Waals surface area (Å²) >= 11 is 0. The molecule has 0 saturated carbocycles. The molecule has 2 aliphatic rings. The maximum atomic E-state index is 12.2. The van der Waals surface area contributed by atoms with E-state index in [1.165, 1.54) is 0 Å². The van der Waals surface area contributed by atoms with Gasteiger partial charge in [-0.1, -0.05) is 0 Å². The maximum absolute atomic E-state index is 12.2. The Kier molecular flexibility index (Phi) is 3.26. The van der Waals surface area contributed by atoms with Crippen molar-refractivity contribution in [2.45, 2.75) is 44.9 Å². The van der Waals surface area contributed by atoms with E-state index in [4.69, 9.17) is 4.74 Å². The second-order valence-electron chi connectivity index (χ2n) is 4.60. The fourth-order valence-corrected chi connectivity index (χ4v) is 2.51. The number of hydrogen-bond donors (Lipinski definition) is 1. The van der Waals surface area contributed by atoms with Gasteiger partial charge >= 0.3 is 0 Å². The van der Waals surface area contributed by atoms with Gasteiger partial charge in [0, 0.05) is 31.8 Å². The van der Waals surface area contributed by atoms with Crippen LogP contribution < -0.4 is 5.32 Å². The first-order valence-corrected chi connectivity index (χ1v) is 5.84. The molecule has 0 bridgehead atoms. The fraction of sp³-hybridized carbons (Fsp3) is 0.909. The number of carbonyl (C=O) groups is 1. The third-order valence-corrected chi connectivity index (χ3v) is 3.29. The first-order valence-electron chi connectivity index (χ1n) is 5.84. The lowest BCUT2D eigenvalue weighted by Crippen LogP contribution is -2.59. The van der Waals surface area contributed by atoms with Crippen LogP contribution in [0.3, 0.4) is 0 Å². The molecule has 0 aromatic heterocycles. The van der Waals surface area contributed by atoms with Crippen molar-refractivity contribution in [1.29, 1.82) is 0 Å². The summed E-state index contributed by atoms with van der Waals surface area (Å²) in [6, 6.07) is 0.566. The number of carbonyl (C=O) groups excluding carboxylic acids is 1. The van der Waals surface area contributed by atoms with E-state index in [0.717, 1.165) is 32.5 Å². The molecule has 2 saturated heterocycles. The van der Waals surface area contributed by atoms with Crippen LogP contribution in [-0.2, 0) is 9.53 Å². The quantitative estimate of drug-likeness (QED) is 0.683. The van der Waals surface area contributed by atoms with Crippen LogP contribution in [0.1, 0.15) is 26.7 Å². The Hall–Kier alpha value is -0.610. The predicted octanol–water partition coefficient (Wildman–Crippen LogP) is 0.374. The molecule has 0 aromatic carbocycles. The standard InChI is InChI=1S/C11H20N2O2/c1-8-6-12-7-9(2)13(8)11(14)10-4-3-5-15-10/h8-10,12H,3-7H2,1-2H3/t8?,9?,10-/m1/s1. The number of nitrogens with zero attached hydrogens (tertiary/aromatic N) is 1. The van der Waals surface area contributed by atoms with Gasteiger partial charge in [-0.25, -0.2) is 0 Å². The van der Waals surface area contributed by atoms with E-state index in [-0.39, 0.29) is 24.1 Å². The smallest absolute Gasteiger partial charge is 0.252 e. The van der Waals surface area contributed by atoms with Gasteiger partial charge < -0.3 is 15.0 Å². The number of ether oxygens (including phenoxy) is 1. The molecule has 2 unspecified atom stereocenters. The predicted molar refractivity (Wildman–Crippen MR) is 57.6 cm³/mol. The first-order chi connectivity index (χ1) is 7.20. The largest absolute Gasteiger partial charge is 0.368 e. The van der Waals surface area contributed by atoms with Crippen molar-refractivity contribution in [1.82, 2.24) is 10.2 Å². The van der Waals surface area contributed by atoms with Crippen LogP contribution in [0.2, 0.25) is 0 Å². The molecule has 2 heterocycles. The summed E-state index contributed by atoms with van der Waals surface area (Å²) in [7, 11) is 0. The van der Waals surface area contributed by atoms with Crippen molar-refractivity contribution >= 4 is 5.91 Å². The lowest BCUT2D eigenvalue weighted by Gasteiger charge is -2.40. The molecule has 2 rings (SSSR count). The van der Waals surface area contributed by atoms with E-state index < -0.39 is 0 Å². The third-order valence-electron chi connectivity index (χ3n) is 3.29. The Morgan fingerprint density at radius 1 is 1.33 bits per heavy atom. The highest BCUT2D eigenvalue weighted by molar-refractivity contribution is 5.82. The number of hydrogen-bond acceptors (Lipinski definition) is 3. The minimum Gasteiger partial charge on any atom is -0.368 e. The lowest BCUT2D eigenvalue weighted by atomic mass is 10.1. The van der Waals surface area contributed by atoms with Crippen molar-refractivity contribution in [2.24, 2.45) is 0 Å². The Balaban J connectivity index is 2.02. The Labute approximate surface area is 91.0 Å². The van der Waals surface area contributed by atoms with Gasteiger partial charge in [0.15, 0.2) is 0 Å². The Morgan fingerprint density at radius 2 is 2.00 bits per heavy atom. The molecule has 2 fully saturated rings. The van der Waals surface area contributed by atoms with Crippen molar-refractivity contribution in [3.8, 4) is 0 Å². The summed E-state index contributed by atoms with van der Waals surface area (Å²) in [6.07, 6.45) is 1.74. The molecule has 0 spiro atoms. The zero-order valence-corrected chi connectivity index (χ0v) is 9.53. The summed E-state index contributed by atoms with van der Waals surface area (Å²) < 4.78 is 5.45. The van der Waals surface area contributed by atoms with Crippen LogP contribution in [0, 0.1) is 0 Å². The van der Waals surface area contributed by atoms with Crippen LogP contribution in [0.15, 0.2) is 0 Å². The van der Waals surface area contributed by atoms with Crippen molar-refractivity contribution in [2.75, 3.05) is 19.7 Å². The van der Waals surface area contributed by atoms with Crippen LogP contribution in [-0.4, -0.2) is 48.7 Å². The van der Waals surface area contributed by atoms with Gasteiger partial charge in [-0.3, -0.25) is 4.79 Å². The van der Waals surface area contributed by atoms with E-state index in [9.17, 15) is 4.79 Å². The zero-order valence-electron chi connectivity index (χ0n) is 9.53. The topological polar surface area (TPSA) is 41.6 Å². The van der Waals surface area contributed by atoms with Crippen LogP contribution in [0.25, 0.3) is 0 Å². The van der Waals surface area contributed by atoms with E-state index in [0.29, 0.717) is 0 Å². The van der Waals surface area contributed by atoms with Crippen molar-refractivity contribution < 1.29 is 9.53 Å². The molecule has 3 atom stereocenters. The lowest BCUT2D eigenvalue weighted by molar-refractivity contribution is -0.146. The average Bonchev–Trinajstić information content (AvgIpc) is 2.69. The summed E-state index contributed by atoms with van der Waals surface area (Å²) in [4.78, 5) is 14.2. The molecular weight excluding hydrogens is 192 g/mol. The van der Waals surface area contributed by atoms with Crippen molar-refractivity contribution in [3.05, 3.63) is 0 Å². The molecule has 0 aliphatic carbocycles. The SMILES string of the molecule is CC1CNCC(C)N1C(=O)[C@H]1CCCO1. The van der Waals surface area contributed by atoms with E-state index in [2.05, 4.69) is 19.2 Å². The minimum atomic E-state index is -0.173. The molecule has 4 heteroatoms. The molecule has 15 heavy (non-hydrogen) atoms. The van der Waals surface area contributed by atoms with Crippen molar-refractivity contribution in [3.63, 3.8) is 0 Å². The van der Waals surface area contributed by atoms with E-state index in [1.54, 1.807) is 0 Å². The monoisotopic (exact) mass is 212 g/mol. The minimum absolute atomic E-state index is 0.173. The maximum Gasteiger partial charge on any atom is 0.252 e. The van der Waals surface area contributed by atoms with Gasteiger partial charge in [-0.15, -0.1) is 0 Å². The van der Waals surface area contributed by atoms with E-state index in [1.807, 2.05) is 4.90 Å². The van der Waals surface area contributed by atoms with Gasteiger partial charge in [0.25, 0.3) is 5.91 Å².